The summed E-state index contributed by atoms with van der Waals surface area (Å²) >= 11 is 0. The summed E-state index contributed by atoms with van der Waals surface area (Å²) in [5.41, 5.74) is 0.544. The molecule has 0 aliphatic rings. The fourth-order valence-corrected chi connectivity index (χ4v) is 4.01. The van der Waals surface area contributed by atoms with Crippen molar-refractivity contribution in [3.8, 4) is 5.75 Å². The van der Waals surface area contributed by atoms with Crippen LogP contribution >= 0.6 is 0 Å². The van der Waals surface area contributed by atoms with Gasteiger partial charge >= 0.3 is 0 Å². The first kappa shape index (κ1) is 19.6. The molecule has 0 bridgehead atoms. The Hall–Kier alpha value is -1.42. The van der Waals surface area contributed by atoms with Crippen molar-refractivity contribution in [3.05, 3.63) is 36.4 Å². The Morgan fingerprint density at radius 1 is 1.30 bits per heavy atom. The lowest BCUT2D eigenvalue weighted by Gasteiger charge is -2.18. The maximum Gasteiger partial charge on any atom is 0.240 e. The average molecular weight is 362 g/mol. The van der Waals surface area contributed by atoms with E-state index in [9.17, 15) is 16.8 Å². The lowest BCUT2D eigenvalue weighted by atomic mass is 10.2. The maximum atomic E-state index is 12.3. The van der Waals surface area contributed by atoms with Crippen LogP contribution in [-0.4, -0.2) is 54.1 Å². The van der Waals surface area contributed by atoms with Crippen molar-refractivity contribution < 1.29 is 21.6 Å². The molecule has 1 N–H and O–H groups in total. The standard InChI is InChI=1S/C14H22N2O5S2/c1-5-9-16(22(4,17)18)10-8-15-23(19,20)14-7-6-13(21-3)11-12(14)2/h5-7,11,15H,1,8-10H2,2-4H3. The van der Waals surface area contributed by atoms with Gasteiger partial charge in [0.15, 0.2) is 0 Å². The molecule has 0 unspecified atom stereocenters. The Morgan fingerprint density at radius 3 is 2.43 bits per heavy atom. The summed E-state index contributed by atoms with van der Waals surface area (Å²) in [5.74, 6) is 0.565. The molecule has 0 saturated heterocycles. The quantitative estimate of drug-likeness (QED) is 0.654. The van der Waals surface area contributed by atoms with E-state index in [0.717, 1.165) is 10.6 Å². The molecule has 7 nitrogen and oxygen atoms in total. The van der Waals surface area contributed by atoms with E-state index in [2.05, 4.69) is 11.3 Å². The van der Waals surface area contributed by atoms with E-state index in [-0.39, 0.29) is 24.5 Å². The summed E-state index contributed by atoms with van der Waals surface area (Å²) in [6.45, 7) is 5.28. The number of nitrogens with one attached hydrogen (secondary N) is 1. The number of methoxy groups -OCH3 is 1. The molecule has 1 rings (SSSR count). The molecule has 0 atom stereocenters. The number of hydrogen-bond acceptors (Lipinski definition) is 5. The van der Waals surface area contributed by atoms with Crippen LogP contribution in [0, 0.1) is 6.92 Å². The van der Waals surface area contributed by atoms with Crippen LogP contribution in [0.4, 0.5) is 0 Å². The second kappa shape index (κ2) is 7.91. The van der Waals surface area contributed by atoms with E-state index in [1.165, 1.54) is 19.3 Å². The van der Waals surface area contributed by atoms with E-state index in [1.54, 1.807) is 19.1 Å². The summed E-state index contributed by atoms with van der Waals surface area (Å²) in [6.07, 6.45) is 2.52. The first-order valence-corrected chi connectivity index (χ1v) is 10.2. The van der Waals surface area contributed by atoms with Crippen LogP contribution in [0.3, 0.4) is 0 Å². The van der Waals surface area contributed by atoms with Gasteiger partial charge in [0.25, 0.3) is 0 Å². The van der Waals surface area contributed by atoms with Crippen LogP contribution in [0.15, 0.2) is 35.7 Å². The summed E-state index contributed by atoms with van der Waals surface area (Å²) in [7, 11) is -5.64. The lowest BCUT2D eigenvalue weighted by Crippen LogP contribution is -2.38. The molecule has 1 aromatic rings. The predicted molar refractivity (Wildman–Crippen MR) is 89.5 cm³/mol. The van der Waals surface area contributed by atoms with Crippen molar-refractivity contribution in [3.63, 3.8) is 0 Å². The molecule has 0 fully saturated rings. The van der Waals surface area contributed by atoms with Crippen LogP contribution in [0.1, 0.15) is 5.56 Å². The molecule has 0 amide bonds. The fraction of sp³-hybridized carbons (Fsp3) is 0.429. The molecule has 130 valence electrons. The molecule has 0 radical (unpaired) electrons. The highest BCUT2D eigenvalue weighted by Gasteiger charge is 2.19. The summed E-state index contributed by atoms with van der Waals surface area (Å²) in [6, 6.07) is 4.63. The topological polar surface area (TPSA) is 92.8 Å². The average Bonchev–Trinajstić information content (AvgIpc) is 2.44. The Labute approximate surface area is 138 Å². The Morgan fingerprint density at radius 2 is 1.96 bits per heavy atom. The molecule has 9 heteroatoms. The minimum absolute atomic E-state index is 0.0271. The third-order valence-corrected chi connectivity index (χ3v) is 6.02. The van der Waals surface area contributed by atoms with Crippen LogP contribution < -0.4 is 9.46 Å². The van der Waals surface area contributed by atoms with Gasteiger partial charge in [-0.05, 0) is 30.7 Å². The van der Waals surface area contributed by atoms with Crippen molar-refractivity contribution in [1.82, 2.24) is 9.03 Å². The van der Waals surface area contributed by atoms with Gasteiger partial charge in [-0.25, -0.2) is 21.6 Å². The summed E-state index contributed by atoms with van der Waals surface area (Å²) in [5, 5.41) is 0. The van der Waals surface area contributed by atoms with E-state index >= 15 is 0 Å². The lowest BCUT2D eigenvalue weighted by molar-refractivity contribution is 0.414. The molecule has 0 aromatic heterocycles. The van der Waals surface area contributed by atoms with Crippen molar-refractivity contribution in [1.29, 1.82) is 0 Å². The second-order valence-corrected chi connectivity index (χ2v) is 8.66. The SMILES string of the molecule is C=CCN(CCNS(=O)(=O)c1ccc(OC)cc1C)S(C)(=O)=O. The maximum absolute atomic E-state index is 12.3. The molecular weight excluding hydrogens is 340 g/mol. The number of hydrogen-bond donors (Lipinski definition) is 1. The van der Waals surface area contributed by atoms with Gasteiger partial charge < -0.3 is 4.74 Å². The zero-order valence-electron chi connectivity index (χ0n) is 13.4. The van der Waals surface area contributed by atoms with Crippen LogP contribution in [-0.2, 0) is 20.0 Å². The zero-order chi connectivity index (χ0) is 17.7. The number of sulfonamides is 2. The third kappa shape index (κ3) is 5.61. The van der Waals surface area contributed by atoms with Crippen LogP contribution in [0.25, 0.3) is 0 Å². The molecule has 0 aliphatic heterocycles. The smallest absolute Gasteiger partial charge is 0.240 e. The number of rotatable bonds is 9. The van der Waals surface area contributed by atoms with Gasteiger partial charge in [0.1, 0.15) is 5.75 Å². The first-order valence-electron chi connectivity index (χ1n) is 6.82. The minimum atomic E-state index is -3.72. The highest BCUT2D eigenvalue weighted by atomic mass is 32.2. The van der Waals surface area contributed by atoms with E-state index in [1.807, 2.05) is 0 Å². The van der Waals surface area contributed by atoms with Crippen molar-refractivity contribution in [2.45, 2.75) is 11.8 Å². The molecule has 0 aliphatic carbocycles. The van der Waals surface area contributed by atoms with E-state index < -0.39 is 20.0 Å². The van der Waals surface area contributed by atoms with Gasteiger partial charge in [0.05, 0.1) is 18.3 Å². The molecule has 0 spiro atoms. The minimum Gasteiger partial charge on any atom is -0.497 e. The van der Waals surface area contributed by atoms with Gasteiger partial charge in [-0.2, -0.15) is 4.31 Å². The van der Waals surface area contributed by atoms with Gasteiger partial charge in [-0.1, -0.05) is 6.08 Å². The monoisotopic (exact) mass is 362 g/mol. The number of benzene rings is 1. The Bertz CT molecular complexity index is 757. The normalized spacial score (nSPS) is 12.3. The second-order valence-electron chi connectivity index (χ2n) is 4.94. The van der Waals surface area contributed by atoms with Crippen molar-refractivity contribution in [2.75, 3.05) is 33.0 Å². The molecule has 0 heterocycles. The number of nitrogens with zero attached hydrogens (tertiary/aromatic N) is 1. The Kier molecular flexibility index (Phi) is 6.75. The van der Waals surface area contributed by atoms with E-state index in [4.69, 9.17) is 4.74 Å². The van der Waals surface area contributed by atoms with Crippen LogP contribution in [0.2, 0.25) is 0 Å². The highest BCUT2D eigenvalue weighted by Crippen LogP contribution is 2.20. The summed E-state index contributed by atoms with van der Waals surface area (Å²) in [4.78, 5) is 0.132. The van der Waals surface area contributed by atoms with Gasteiger partial charge in [0, 0.05) is 19.6 Å². The highest BCUT2D eigenvalue weighted by molar-refractivity contribution is 7.89. The predicted octanol–water partition coefficient (Wildman–Crippen LogP) is 0.730. The fourth-order valence-electron chi connectivity index (χ4n) is 1.97. The van der Waals surface area contributed by atoms with Gasteiger partial charge in [0.2, 0.25) is 20.0 Å². The molecule has 1 aromatic carbocycles. The molecule has 23 heavy (non-hydrogen) atoms. The third-order valence-electron chi connectivity index (χ3n) is 3.13. The first-order chi connectivity index (χ1) is 10.6. The largest absolute Gasteiger partial charge is 0.497 e. The number of aryl methyl sites for hydroxylation is 1. The van der Waals surface area contributed by atoms with Gasteiger partial charge in [-0.15, -0.1) is 6.58 Å². The van der Waals surface area contributed by atoms with Gasteiger partial charge in [-0.3, -0.25) is 0 Å². The van der Waals surface area contributed by atoms with Crippen LogP contribution in [0.5, 0.6) is 5.75 Å². The molecule has 0 saturated carbocycles. The zero-order valence-corrected chi connectivity index (χ0v) is 15.1. The Balaban J connectivity index is 2.82. The van der Waals surface area contributed by atoms with E-state index in [0.29, 0.717) is 11.3 Å². The molecular formula is C14H22N2O5S2. The summed E-state index contributed by atoms with van der Waals surface area (Å²) < 4.78 is 56.3. The number of ether oxygens (including phenoxy) is 1. The van der Waals surface area contributed by atoms with Crippen molar-refractivity contribution >= 4 is 20.0 Å². The van der Waals surface area contributed by atoms with Crippen molar-refractivity contribution in [2.24, 2.45) is 0 Å².